The van der Waals surface area contributed by atoms with Crippen molar-refractivity contribution in [2.24, 2.45) is 0 Å². The average Bonchev–Trinajstić information content (AvgIpc) is 2.46. The van der Waals surface area contributed by atoms with E-state index >= 15 is 0 Å². The molecule has 1 aromatic heterocycles. The Labute approximate surface area is 118 Å². The van der Waals surface area contributed by atoms with Gasteiger partial charge in [0.1, 0.15) is 17.5 Å². The van der Waals surface area contributed by atoms with Gasteiger partial charge >= 0.3 is 0 Å². The molecule has 0 bridgehead atoms. The van der Waals surface area contributed by atoms with Crippen LogP contribution in [0.3, 0.4) is 0 Å². The van der Waals surface area contributed by atoms with E-state index in [-0.39, 0.29) is 5.82 Å². The van der Waals surface area contributed by atoms with Gasteiger partial charge in [0.15, 0.2) is 0 Å². The fourth-order valence-electron chi connectivity index (χ4n) is 2.69. The molecule has 0 atom stereocenters. The van der Waals surface area contributed by atoms with Crippen LogP contribution in [0, 0.1) is 12.7 Å². The Balaban J connectivity index is 1.94. The van der Waals surface area contributed by atoms with Crippen LogP contribution in [-0.4, -0.2) is 16.5 Å². The lowest BCUT2D eigenvalue weighted by Crippen LogP contribution is -2.32. The summed E-state index contributed by atoms with van der Waals surface area (Å²) in [4.78, 5) is 11.0. The molecule has 3 rings (SSSR count). The molecule has 0 aliphatic carbocycles. The lowest BCUT2D eigenvalue weighted by atomic mass is 9.99. The molecule has 0 saturated heterocycles. The molecule has 0 N–H and O–H groups in total. The molecule has 1 aliphatic rings. The van der Waals surface area contributed by atoms with Crippen LogP contribution >= 0.6 is 0 Å². The van der Waals surface area contributed by atoms with Gasteiger partial charge in [-0.15, -0.1) is 0 Å². The maximum atomic E-state index is 13.9. The predicted octanol–water partition coefficient (Wildman–Crippen LogP) is 3.05. The maximum absolute atomic E-state index is 13.9. The van der Waals surface area contributed by atoms with Crippen LogP contribution in [0.25, 0.3) is 0 Å². The van der Waals surface area contributed by atoms with Gasteiger partial charge in [-0.3, -0.25) is 0 Å². The third-order valence-electron chi connectivity index (χ3n) is 3.78. The number of fused-ring (bicyclic) bond motifs is 1. The van der Waals surface area contributed by atoms with Crippen molar-refractivity contribution in [3.63, 3.8) is 0 Å². The topological polar surface area (TPSA) is 29.0 Å². The van der Waals surface area contributed by atoms with Gasteiger partial charge in [-0.1, -0.05) is 19.1 Å². The molecule has 0 radical (unpaired) electrons. The minimum Gasteiger partial charge on any atom is -0.352 e. The standard InChI is InChI=1S/C16H18FN3/c1-3-13-9-16(19-11(2)18-13)20-8-7-12-5-4-6-15(17)14(12)10-20/h4-6,9H,3,7-8,10H2,1-2H3. The summed E-state index contributed by atoms with van der Waals surface area (Å²) in [6.45, 7) is 5.44. The first-order valence-corrected chi connectivity index (χ1v) is 7.03. The molecule has 3 nitrogen and oxygen atoms in total. The van der Waals surface area contributed by atoms with Gasteiger partial charge in [-0.05, 0) is 31.4 Å². The Morgan fingerprint density at radius 3 is 2.95 bits per heavy atom. The van der Waals surface area contributed by atoms with E-state index in [4.69, 9.17) is 0 Å². The van der Waals surface area contributed by atoms with E-state index in [2.05, 4.69) is 21.8 Å². The van der Waals surface area contributed by atoms with Crippen LogP contribution in [0.5, 0.6) is 0 Å². The van der Waals surface area contributed by atoms with Gasteiger partial charge < -0.3 is 4.90 Å². The van der Waals surface area contributed by atoms with Crippen LogP contribution in [0.15, 0.2) is 24.3 Å². The van der Waals surface area contributed by atoms with Crippen LogP contribution in [0.4, 0.5) is 10.2 Å². The van der Waals surface area contributed by atoms with Crippen molar-refractivity contribution in [3.8, 4) is 0 Å². The van der Waals surface area contributed by atoms with Gasteiger partial charge in [0.2, 0.25) is 0 Å². The minimum atomic E-state index is -0.117. The molecule has 0 amide bonds. The number of aromatic nitrogens is 2. The molecular weight excluding hydrogens is 253 g/mol. The SMILES string of the molecule is CCc1cc(N2CCc3cccc(F)c3C2)nc(C)n1. The van der Waals surface area contributed by atoms with Gasteiger partial charge in [-0.2, -0.15) is 0 Å². The summed E-state index contributed by atoms with van der Waals surface area (Å²) in [6.07, 6.45) is 1.74. The van der Waals surface area contributed by atoms with Gasteiger partial charge in [0.05, 0.1) is 0 Å². The predicted molar refractivity (Wildman–Crippen MR) is 77.3 cm³/mol. The van der Waals surface area contributed by atoms with Gasteiger partial charge in [0.25, 0.3) is 0 Å². The summed E-state index contributed by atoms with van der Waals surface area (Å²) in [5, 5.41) is 0. The van der Waals surface area contributed by atoms with E-state index in [0.29, 0.717) is 6.54 Å². The van der Waals surface area contributed by atoms with E-state index in [1.165, 1.54) is 6.07 Å². The van der Waals surface area contributed by atoms with Gasteiger partial charge in [0, 0.05) is 30.4 Å². The highest BCUT2D eigenvalue weighted by Gasteiger charge is 2.20. The molecule has 0 spiro atoms. The van der Waals surface area contributed by atoms with E-state index < -0.39 is 0 Å². The number of halogens is 1. The van der Waals surface area contributed by atoms with Crippen molar-refractivity contribution in [1.29, 1.82) is 0 Å². The first-order valence-electron chi connectivity index (χ1n) is 7.03. The van der Waals surface area contributed by atoms with Gasteiger partial charge in [-0.25, -0.2) is 14.4 Å². The summed E-state index contributed by atoms with van der Waals surface area (Å²) in [5.74, 6) is 1.57. The average molecular weight is 271 g/mol. The Hall–Kier alpha value is -1.97. The van der Waals surface area contributed by atoms with E-state index in [0.717, 1.165) is 47.8 Å². The summed E-state index contributed by atoms with van der Waals surface area (Å²) in [6, 6.07) is 7.34. The first kappa shape index (κ1) is 13.0. The summed E-state index contributed by atoms with van der Waals surface area (Å²) in [5.41, 5.74) is 2.95. The Morgan fingerprint density at radius 1 is 1.30 bits per heavy atom. The Morgan fingerprint density at radius 2 is 2.15 bits per heavy atom. The van der Waals surface area contributed by atoms with Crippen LogP contribution < -0.4 is 4.90 Å². The second kappa shape index (κ2) is 5.19. The number of benzene rings is 1. The molecule has 1 aromatic carbocycles. The number of anilines is 1. The van der Waals surface area contributed by atoms with E-state index in [9.17, 15) is 4.39 Å². The largest absolute Gasteiger partial charge is 0.352 e. The third-order valence-corrected chi connectivity index (χ3v) is 3.78. The monoisotopic (exact) mass is 271 g/mol. The van der Waals surface area contributed by atoms with Crippen molar-refractivity contribution >= 4 is 5.82 Å². The summed E-state index contributed by atoms with van der Waals surface area (Å²) < 4.78 is 13.9. The number of rotatable bonds is 2. The molecule has 0 unspecified atom stereocenters. The molecular formula is C16H18FN3. The highest BCUT2D eigenvalue weighted by atomic mass is 19.1. The second-order valence-corrected chi connectivity index (χ2v) is 5.17. The molecule has 4 heteroatoms. The highest BCUT2D eigenvalue weighted by molar-refractivity contribution is 5.45. The molecule has 20 heavy (non-hydrogen) atoms. The lowest BCUT2D eigenvalue weighted by molar-refractivity contribution is 0.586. The van der Waals surface area contributed by atoms with E-state index in [1.54, 1.807) is 6.07 Å². The van der Waals surface area contributed by atoms with Crippen LogP contribution in [-0.2, 0) is 19.4 Å². The molecule has 2 heterocycles. The number of nitrogens with zero attached hydrogens (tertiary/aromatic N) is 3. The molecule has 2 aromatic rings. The molecule has 104 valence electrons. The van der Waals surface area contributed by atoms with E-state index in [1.807, 2.05) is 19.1 Å². The molecule has 0 fully saturated rings. The van der Waals surface area contributed by atoms with Crippen molar-refractivity contribution in [1.82, 2.24) is 9.97 Å². The molecule has 1 aliphatic heterocycles. The zero-order chi connectivity index (χ0) is 14.1. The Bertz CT molecular complexity index is 640. The second-order valence-electron chi connectivity index (χ2n) is 5.17. The number of aryl methyl sites for hydroxylation is 2. The van der Waals surface area contributed by atoms with Crippen molar-refractivity contribution in [2.75, 3.05) is 11.4 Å². The fourth-order valence-corrected chi connectivity index (χ4v) is 2.69. The Kier molecular flexibility index (Phi) is 3.38. The van der Waals surface area contributed by atoms with Crippen LogP contribution in [0.2, 0.25) is 0 Å². The minimum absolute atomic E-state index is 0.117. The third kappa shape index (κ3) is 2.38. The number of hydrogen-bond donors (Lipinski definition) is 0. The normalized spacial score (nSPS) is 14.2. The molecule has 0 saturated carbocycles. The highest BCUT2D eigenvalue weighted by Crippen LogP contribution is 2.25. The smallest absolute Gasteiger partial charge is 0.132 e. The number of hydrogen-bond acceptors (Lipinski definition) is 3. The quantitative estimate of drug-likeness (QED) is 0.840. The first-order chi connectivity index (χ1) is 9.67. The summed E-state index contributed by atoms with van der Waals surface area (Å²) >= 11 is 0. The summed E-state index contributed by atoms with van der Waals surface area (Å²) in [7, 11) is 0. The van der Waals surface area contributed by atoms with Crippen molar-refractivity contribution in [3.05, 3.63) is 52.7 Å². The maximum Gasteiger partial charge on any atom is 0.132 e. The zero-order valence-corrected chi connectivity index (χ0v) is 11.9. The van der Waals surface area contributed by atoms with Crippen molar-refractivity contribution < 1.29 is 4.39 Å². The zero-order valence-electron chi connectivity index (χ0n) is 11.9. The fraction of sp³-hybridized carbons (Fsp3) is 0.375. The van der Waals surface area contributed by atoms with Crippen molar-refractivity contribution in [2.45, 2.75) is 33.2 Å². The van der Waals surface area contributed by atoms with Crippen LogP contribution in [0.1, 0.15) is 29.6 Å². The lowest BCUT2D eigenvalue weighted by Gasteiger charge is -2.30.